The lowest BCUT2D eigenvalue weighted by Gasteiger charge is -2.15. The van der Waals surface area contributed by atoms with Gasteiger partial charge in [-0.25, -0.2) is 0 Å². The van der Waals surface area contributed by atoms with Crippen LogP contribution in [-0.2, 0) is 6.54 Å². The van der Waals surface area contributed by atoms with Gasteiger partial charge in [0.15, 0.2) is 0 Å². The minimum atomic E-state index is -0.144. The largest absolute Gasteiger partial charge is 0.497 e. The van der Waals surface area contributed by atoms with E-state index in [1.807, 2.05) is 31.2 Å². The van der Waals surface area contributed by atoms with Crippen LogP contribution in [0.5, 0.6) is 5.75 Å². The molecular formula is C19H19N3O3. The van der Waals surface area contributed by atoms with Gasteiger partial charge in [-0.05, 0) is 25.1 Å². The summed E-state index contributed by atoms with van der Waals surface area (Å²) in [5.41, 5.74) is 2.58. The molecule has 1 amide bonds. The highest BCUT2D eigenvalue weighted by atomic mass is 16.5. The zero-order chi connectivity index (χ0) is 17.8. The summed E-state index contributed by atoms with van der Waals surface area (Å²) < 4.78 is 10.4. The van der Waals surface area contributed by atoms with E-state index in [0.29, 0.717) is 23.0 Å². The maximum Gasteiger partial charge on any atom is 0.254 e. The number of rotatable bonds is 5. The number of methoxy groups -OCH3 is 1. The molecule has 25 heavy (non-hydrogen) atoms. The second-order valence-corrected chi connectivity index (χ2v) is 5.77. The highest BCUT2D eigenvalue weighted by molar-refractivity contribution is 5.94. The Morgan fingerprint density at radius 3 is 2.68 bits per heavy atom. The van der Waals surface area contributed by atoms with Crippen molar-refractivity contribution in [2.75, 3.05) is 14.2 Å². The van der Waals surface area contributed by atoms with Gasteiger partial charge in [0, 0.05) is 18.2 Å². The number of nitrogens with zero attached hydrogens (tertiary/aromatic N) is 3. The highest BCUT2D eigenvalue weighted by Gasteiger charge is 2.16. The summed E-state index contributed by atoms with van der Waals surface area (Å²) in [4.78, 5) is 18.4. The maximum atomic E-state index is 12.5. The van der Waals surface area contributed by atoms with Crippen LogP contribution in [0.15, 0.2) is 53.1 Å². The standard InChI is InChI=1S/C19H19N3O3/c1-13-7-9-14(10-8-13)18-20-17(25-21-18)12-22(2)19(23)15-5-4-6-16(11-15)24-3/h4-11H,12H2,1-3H3. The van der Waals surface area contributed by atoms with Gasteiger partial charge in [-0.3, -0.25) is 4.79 Å². The molecule has 0 aliphatic carbocycles. The van der Waals surface area contributed by atoms with Crippen molar-refractivity contribution in [1.82, 2.24) is 15.0 Å². The lowest BCUT2D eigenvalue weighted by atomic mass is 10.1. The molecule has 3 aromatic rings. The van der Waals surface area contributed by atoms with Crippen LogP contribution in [0, 0.1) is 6.92 Å². The van der Waals surface area contributed by atoms with Crippen molar-refractivity contribution >= 4 is 5.91 Å². The first-order valence-corrected chi connectivity index (χ1v) is 7.86. The number of ether oxygens (including phenoxy) is 1. The Labute approximate surface area is 146 Å². The first-order valence-electron chi connectivity index (χ1n) is 7.86. The molecule has 0 N–H and O–H groups in total. The van der Waals surface area contributed by atoms with Crippen molar-refractivity contribution in [2.45, 2.75) is 13.5 Å². The number of aromatic nitrogens is 2. The number of carbonyl (C=O) groups is 1. The summed E-state index contributed by atoms with van der Waals surface area (Å²) in [5, 5.41) is 3.98. The molecule has 0 atom stereocenters. The Kier molecular flexibility index (Phi) is 4.79. The fraction of sp³-hybridized carbons (Fsp3) is 0.211. The molecule has 0 radical (unpaired) electrons. The Hall–Kier alpha value is -3.15. The lowest BCUT2D eigenvalue weighted by Crippen LogP contribution is -2.26. The van der Waals surface area contributed by atoms with Crippen LogP contribution in [0.1, 0.15) is 21.8 Å². The Morgan fingerprint density at radius 2 is 1.96 bits per heavy atom. The molecule has 0 saturated carbocycles. The van der Waals surface area contributed by atoms with E-state index >= 15 is 0 Å². The van der Waals surface area contributed by atoms with Crippen molar-refractivity contribution in [1.29, 1.82) is 0 Å². The monoisotopic (exact) mass is 337 g/mol. The first kappa shape index (κ1) is 16.7. The summed E-state index contributed by atoms with van der Waals surface area (Å²) in [6.45, 7) is 2.25. The van der Waals surface area contributed by atoms with Crippen molar-refractivity contribution in [3.8, 4) is 17.1 Å². The average molecular weight is 337 g/mol. The van der Waals surface area contributed by atoms with E-state index in [0.717, 1.165) is 11.1 Å². The van der Waals surface area contributed by atoms with E-state index in [2.05, 4.69) is 10.1 Å². The summed E-state index contributed by atoms with van der Waals surface area (Å²) in [5.74, 6) is 1.39. The van der Waals surface area contributed by atoms with Gasteiger partial charge in [-0.2, -0.15) is 4.98 Å². The molecule has 6 nitrogen and oxygen atoms in total. The van der Waals surface area contributed by atoms with Crippen LogP contribution in [0.4, 0.5) is 0 Å². The van der Waals surface area contributed by atoms with Gasteiger partial charge in [0.25, 0.3) is 5.91 Å². The topological polar surface area (TPSA) is 68.5 Å². The van der Waals surface area contributed by atoms with Crippen LogP contribution in [0.25, 0.3) is 11.4 Å². The van der Waals surface area contributed by atoms with Gasteiger partial charge in [0.1, 0.15) is 5.75 Å². The van der Waals surface area contributed by atoms with Gasteiger partial charge in [0.2, 0.25) is 11.7 Å². The zero-order valence-electron chi connectivity index (χ0n) is 14.4. The Balaban J connectivity index is 1.71. The summed E-state index contributed by atoms with van der Waals surface area (Å²) in [7, 11) is 3.26. The van der Waals surface area contributed by atoms with E-state index in [-0.39, 0.29) is 12.5 Å². The van der Waals surface area contributed by atoms with Crippen LogP contribution < -0.4 is 4.74 Å². The number of hydrogen-bond acceptors (Lipinski definition) is 5. The van der Waals surface area contributed by atoms with Gasteiger partial charge in [-0.1, -0.05) is 41.1 Å². The molecule has 0 aliphatic rings. The van der Waals surface area contributed by atoms with E-state index in [1.54, 1.807) is 38.4 Å². The molecule has 0 spiro atoms. The minimum absolute atomic E-state index is 0.144. The molecule has 0 unspecified atom stereocenters. The zero-order valence-corrected chi connectivity index (χ0v) is 14.4. The smallest absolute Gasteiger partial charge is 0.254 e. The predicted octanol–water partition coefficient (Wildman–Crippen LogP) is 3.33. The molecule has 0 aliphatic heterocycles. The molecule has 2 aromatic carbocycles. The Bertz CT molecular complexity index is 872. The number of carbonyl (C=O) groups excluding carboxylic acids is 1. The third-order valence-electron chi connectivity index (χ3n) is 3.81. The second-order valence-electron chi connectivity index (χ2n) is 5.77. The van der Waals surface area contributed by atoms with Crippen LogP contribution in [0.3, 0.4) is 0 Å². The quantitative estimate of drug-likeness (QED) is 0.714. The molecule has 0 fully saturated rings. The normalized spacial score (nSPS) is 10.5. The number of hydrogen-bond donors (Lipinski definition) is 0. The molecular weight excluding hydrogens is 318 g/mol. The maximum absolute atomic E-state index is 12.5. The van der Waals surface area contributed by atoms with Gasteiger partial charge < -0.3 is 14.2 Å². The highest BCUT2D eigenvalue weighted by Crippen LogP contribution is 2.18. The summed E-state index contributed by atoms with van der Waals surface area (Å²) in [6.07, 6.45) is 0. The molecule has 0 bridgehead atoms. The van der Waals surface area contributed by atoms with Crippen molar-refractivity contribution in [2.24, 2.45) is 0 Å². The molecule has 3 rings (SSSR count). The summed E-state index contributed by atoms with van der Waals surface area (Å²) in [6, 6.07) is 14.9. The molecule has 128 valence electrons. The second kappa shape index (κ2) is 7.17. The van der Waals surface area contributed by atoms with Crippen LogP contribution in [-0.4, -0.2) is 35.1 Å². The average Bonchev–Trinajstić information content (AvgIpc) is 3.10. The summed E-state index contributed by atoms with van der Waals surface area (Å²) >= 11 is 0. The van der Waals surface area contributed by atoms with E-state index in [4.69, 9.17) is 9.26 Å². The van der Waals surface area contributed by atoms with Crippen molar-refractivity contribution < 1.29 is 14.1 Å². The minimum Gasteiger partial charge on any atom is -0.497 e. The molecule has 1 heterocycles. The molecule has 1 aromatic heterocycles. The predicted molar refractivity (Wildman–Crippen MR) is 93.3 cm³/mol. The SMILES string of the molecule is COc1cccc(C(=O)N(C)Cc2nc(-c3ccc(C)cc3)no2)c1. The van der Waals surface area contributed by atoms with Gasteiger partial charge >= 0.3 is 0 Å². The van der Waals surface area contributed by atoms with Crippen LogP contribution in [0.2, 0.25) is 0 Å². The van der Waals surface area contributed by atoms with Gasteiger partial charge in [0.05, 0.1) is 13.7 Å². The Morgan fingerprint density at radius 1 is 1.20 bits per heavy atom. The third-order valence-corrected chi connectivity index (χ3v) is 3.81. The fourth-order valence-electron chi connectivity index (χ4n) is 2.39. The number of benzene rings is 2. The molecule has 0 saturated heterocycles. The van der Waals surface area contributed by atoms with E-state index < -0.39 is 0 Å². The molecule has 6 heteroatoms. The van der Waals surface area contributed by atoms with Crippen molar-refractivity contribution in [3.63, 3.8) is 0 Å². The number of aryl methyl sites for hydroxylation is 1. The van der Waals surface area contributed by atoms with Crippen LogP contribution >= 0.6 is 0 Å². The van der Waals surface area contributed by atoms with E-state index in [9.17, 15) is 4.79 Å². The van der Waals surface area contributed by atoms with Gasteiger partial charge in [-0.15, -0.1) is 0 Å². The van der Waals surface area contributed by atoms with Crippen molar-refractivity contribution in [3.05, 3.63) is 65.5 Å². The number of amides is 1. The van der Waals surface area contributed by atoms with E-state index in [1.165, 1.54) is 4.90 Å². The lowest BCUT2D eigenvalue weighted by molar-refractivity contribution is 0.0769. The fourth-order valence-corrected chi connectivity index (χ4v) is 2.39. The third kappa shape index (κ3) is 3.85. The first-order chi connectivity index (χ1) is 12.1.